The molecule has 70 valence electrons. The van der Waals surface area contributed by atoms with Crippen molar-refractivity contribution >= 4 is 6.29 Å². The zero-order chi connectivity index (χ0) is 9.68. The van der Waals surface area contributed by atoms with E-state index in [1.165, 1.54) is 5.56 Å². The van der Waals surface area contributed by atoms with Gasteiger partial charge < -0.3 is 0 Å². The molecule has 0 aliphatic heterocycles. The van der Waals surface area contributed by atoms with Gasteiger partial charge in [-0.1, -0.05) is 38.1 Å². The van der Waals surface area contributed by atoms with Crippen LogP contribution in [-0.4, -0.2) is 6.29 Å². The molecule has 1 heteroatoms. The van der Waals surface area contributed by atoms with Gasteiger partial charge in [0.1, 0.15) is 6.29 Å². The van der Waals surface area contributed by atoms with Gasteiger partial charge in [-0.2, -0.15) is 0 Å². The second-order valence-corrected chi connectivity index (χ2v) is 3.26. The Morgan fingerprint density at radius 3 is 2.38 bits per heavy atom. The van der Waals surface area contributed by atoms with Crippen molar-refractivity contribution in [3.8, 4) is 0 Å². The molecular formula is C12H16O. The summed E-state index contributed by atoms with van der Waals surface area (Å²) >= 11 is 0. The summed E-state index contributed by atoms with van der Waals surface area (Å²) in [5.41, 5.74) is 2.04. The normalized spacial score (nSPS) is 10.4. The van der Waals surface area contributed by atoms with Crippen molar-refractivity contribution in [3.05, 3.63) is 35.4 Å². The highest BCUT2D eigenvalue weighted by molar-refractivity contribution is 5.77. The Morgan fingerprint density at radius 1 is 1.23 bits per heavy atom. The molecule has 0 aromatic heterocycles. The van der Waals surface area contributed by atoms with Gasteiger partial charge in [0.05, 0.1) is 0 Å². The third-order valence-electron chi connectivity index (χ3n) is 2.55. The van der Waals surface area contributed by atoms with Crippen molar-refractivity contribution in [3.63, 3.8) is 0 Å². The maximum Gasteiger partial charge on any atom is 0.150 e. The van der Waals surface area contributed by atoms with E-state index in [9.17, 15) is 4.79 Å². The van der Waals surface area contributed by atoms with E-state index >= 15 is 0 Å². The van der Waals surface area contributed by atoms with Crippen LogP contribution in [0.1, 0.15) is 48.5 Å². The molecule has 0 heterocycles. The van der Waals surface area contributed by atoms with Crippen LogP contribution in [0.25, 0.3) is 0 Å². The van der Waals surface area contributed by atoms with Crippen LogP contribution < -0.4 is 0 Å². The van der Waals surface area contributed by atoms with Gasteiger partial charge in [0, 0.05) is 5.56 Å². The number of rotatable bonds is 4. The number of aldehydes is 1. The molecule has 0 saturated carbocycles. The highest BCUT2D eigenvalue weighted by atomic mass is 16.1. The average Bonchev–Trinajstić information content (AvgIpc) is 2.20. The molecule has 0 aliphatic rings. The highest BCUT2D eigenvalue weighted by Crippen LogP contribution is 2.24. The maximum absolute atomic E-state index is 10.8. The topological polar surface area (TPSA) is 17.1 Å². The summed E-state index contributed by atoms with van der Waals surface area (Å²) in [5.74, 6) is 0.529. The molecule has 0 N–H and O–H groups in total. The zero-order valence-corrected chi connectivity index (χ0v) is 8.29. The van der Waals surface area contributed by atoms with E-state index in [1.54, 1.807) is 0 Å². The summed E-state index contributed by atoms with van der Waals surface area (Å²) in [4.78, 5) is 10.8. The van der Waals surface area contributed by atoms with Gasteiger partial charge in [0.15, 0.2) is 0 Å². The molecule has 0 radical (unpaired) electrons. The first kappa shape index (κ1) is 9.97. The lowest BCUT2D eigenvalue weighted by Gasteiger charge is -2.14. The van der Waals surface area contributed by atoms with Crippen LogP contribution in [0.5, 0.6) is 0 Å². The fraction of sp³-hybridized carbons (Fsp3) is 0.417. The van der Waals surface area contributed by atoms with E-state index in [4.69, 9.17) is 0 Å². The van der Waals surface area contributed by atoms with Gasteiger partial charge in [-0.25, -0.2) is 0 Å². The average molecular weight is 176 g/mol. The summed E-state index contributed by atoms with van der Waals surface area (Å²) in [6.07, 6.45) is 3.15. The van der Waals surface area contributed by atoms with Gasteiger partial charge >= 0.3 is 0 Å². The van der Waals surface area contributed by atoms with Crippen molar-refractivity contribution in [2.45, 2.75) is 32.6 Å². The maximum atomic E-state index is 10.8. The van der Waals surface area contributed by atoms with Crippen molar-refractivity contribution in [2.24, 2.45) is 0 Å². The molecule has 0 aliphatic carbocycles. The standard InChI is InChI=1S/C12H16O/c1-3-10(4-2)12-8-6-5-7-11(12)9-13/h5-10H,3-4H2,1-2H3. The molecule has 0 atom stereocenters. The first-order valence-electron chi connectivity index (χ1n) is 4.87. The molecule has 0 amide bonds. The van der Waals surface area contributed by atoms with E-state index < -0.39 is 0 Å². The van der Waals surface area contributed by atoms with Gasteiger partial charge in [-0.3, -0.25) is 4.79 Å². The molecule has 1 rings (SSSR count). The van der Waals surface area contributed by atoms with Crippen LogP contribution >= 0.6 is 0 Å². The van der Waals surface area contributed by atoms with E-state index in [-0.39, 0.29) is 0 Å². The monoisotopic (exact) mass is 176 g/mol. The van der Waals surface area contributed by atoms with E-state index in [1.807, 2.05) is 18.2 Å². The third-order valence-corrected chi connectivity index (χ3v) is 2.55. The second-order valence-electron chi connectivity index (χ2n) is 3.26. The van der Waals surface area contributed by atoms with Crippen LogP contribution in [-0.2, 0) is 0 Å². The summed E-state index contributed by atoms with van der Waals surface area (Å²) in [6, 6.07) is 7.86. The van der Waals surface area contributed by atoms with Gasteiger partial charge in [-0.15, -0.1) is 0 Å². The van der Waals surface area contributed by atoms with E-state index in [2.05, 4.69) is 19.9 Å². The van der Waals surface area contributed by atoms with Crippen LogP contribution in [0.4, 0.5) is 0 Å². The predicted molar refractivity (Wildman–Crippen MR) is 55.2 cm³/mol. The molecule has 0 spiro atoms. The first-order chi connectivity index (χ1) is 6.33. The first-order valence-corrected chi connectivity index (χ1v) is 4.87. The second kappa shape index (κ2) is 4.80. The SMILES string of the molecule is CCC(CC)c1ccccc1C=O. The highest BCUT2D eigenvalue weighted by Gasteiger charge is 2.09. The van der Waals surface area contributed by atoms with Crippen molar-refractivity contribution < 1.29 is 4.79 Å². The Balaban J connectivity index is 3.03. The fourth-order valence-corrected chi connectivity index (χ4v) is 1.72. The fourth-order valence-electron chi connectivity index (χ4n) is 1.72. The molecule has 0 unspecified atom stereocenters. The van der Waals surface area contributed by atoms with Crippen LogP contribution in [0.2, 0.25) is 0 Å². The van der Waals surface area contributed by atoms with E-state index in [0.29, 0.717) is 5.92 Å². The van der Waals surface area contributed by atoms with E-state index in [0.717, 1.165) is 24.7 Å². The Kier molecular flexibility index (Phi) is 3.69. The molecular weight excluding hydrogens is 160 g/mol. The van der Waals surface area contributed by atoms with Gasteiger partial charge in [0.25, 0.3) is 0 Å². The Morgan fingerprint density at radius 2 is 1.85 bits per heavy atom. The van der Waals surface area contributed by atoms with Gasteiger partial charge in [0.2, 0.25) is 0 Å². The minimum Gasteiger partial charge on any atom is -0.298 e. The molecule has 1 nitrogen and oxygen atoms in total. The third kappa shape index (κ3) is 2.18. The number of hydrogen-bond donors (Lipinski definition) is 0. The molecule has 1 aromatic rings. The number of carbonyl (C=O) groups is 1. The minimum absolute atomic E-state index is 0.529. The molecule has 0 fully saturated rings. The molecule has 1 aromatic carbocycles. The largest absolute Gasteiger partial charge is 0.298 e. The molecule has 13 heavy (non-hydrogen) atoms. The lowest BCUT2D eigenvalue weighted by atomic mass is 9.90. The number of carbonyl (C=O) groups excluding carboxylic acids is 1. The summed E-state index contributed by atoms with van der Waals surface area (Å²) in [6.45, 7) is 4.32. The number of benzene rings is 1. The lowest BCUT2D eigenvalue weighted by molar-refractivity contribution is 0.112. The molecule has 0 bridgehead atoms. The summed E-state index contributed by atoms with van der Waals surface area (Å²) in [7, 11) is 0. The molecule has 0 saturated heterocycles. The van der Waals surface area contributed by atoms with Gasteiger partial charge in [-0.05, 0) is 24.3 Å². The van der Waals surface area contributed by atoms with Crippen molar-refractivity contribution in [2.75, 3.05) is 0 Å². The predicted octanol–water partition coefficient (Wildman–Crippen LogP) is 3.40. The summed E-state index contributed by atoms with van der Waals surface area (Å²) < 4.78 is 0. The van der Waals surface area contributed by atoms with Crippen LogP contribution in [0, 0.1) is 0 Å². The summed E-state index contributed by atoms with van der Waals surface area (Å²) in [5, 5.41) is 0. The number of hydrogen-bond acceptors (Lipinski definition) is 1. The van der Waals surface area contributed by atoms with Crippen molar-refractivity contribution in [1.29, 1.82) is 0 Å². The zero-order valence-electron chi connectivity index (χ0n) is 8.29. The van der Waals surface area contributed by atoms with Crippen molar-refractivity contribution in [1.82, 2.24) is 0 Å². The quantitative estimate of drug-likeness (QED) is 0.642. The lowest BCUT2D eigenvalue weighted by Crippen LogP contribution is -1.99. The van der Waals surface area contributed by atoms with Crippen LogP contribution in [0.3, 0.4) is 0 Å². The Labute approximate surface area is 79.8 Å². The Hall–Kier alpha value is -1.11. The van der Waals surface area contributed by atoms with Crippen LogP contribution in [0.15, 0.2) is 24.3 Å². The Bertz CT molecular complexity index is 274. The minimum atomic E-state index is 0.529. The smallest absolute Gasteiger partial charge is 0.150 e.